The molecule has 1 amide bonds. The smallest absolute Gasteiger partial charge is 0.251 e. The van der Waals surface area contributed by atoms with Crippen molar-refractivity contribution in [2.24, 2.45) is 0 Å². The lowest BCUT2D eigenvalue weighted by Gasteiger charge is -2.14. The summed E-state index contributed by atoms with van der Waals surface area (Å²) in [4.78, 5) is 12.5. The molecule has 0 atom stereocenters. The number of carbonyl (C=O) groups is 1. The van der Waals surface area contributed by atoms with Crippen LogP contribution in [0.25, 0.3) is 0 Å². The second kappa shape index (κ2) is 8.29. The van der Waals surface area contributed by atoms with E-state index < -0.39 is 9.84 Å². The average Bonchev–Trinajstić information content (AvgIpc) is 2.67. The minimum atomic E-state index is -3.50. The maximum Gasteiger partial charge on any atom is 0.251 e. The highest BCUT2D eigenvalue weighted by atomic mass is 32.2. The van der Waals surface area contributed by atoms with Gasteiger partial charge in [0.2, 0.25) is 0 Å². The molecule has 2 aromatic rings. The molecule has 1 aliphatic rings. The first-order valence-electron chi connectivity index (χ1n) is 8.58. The van der Waals surface area contributed by atoms with Gasteiger partial charge in [-0.1, -0.05) is 48.0 Å². The Balaban J connectivity index is 1.70. The summed E-state index contributed by atoms with van der Waals surface area (Å²) in [6, 6.07) is 15.2. The van der Waals surface area contributed by atoms with Gasteiger partial charge < -0.3 is 10.6 Å². The second-order valence-electron chi connectivity index (χ2n) is 6.27. The van der Waals surface area contributed by atoms with Crippen molar-refractivity contribution in [2.75, 3.05) is 19.6 Å². The van der Waals surface area contributed by atoms with Gasteiger partial charge in [-0.05, 0) is 36.7 Å². The van der Waals surface area contributed by atoms with Crippen molar-refractivity contribution in [2.45, 2.75) is 17.1 Å². The summed E-state index contributed by atoms with van der Waals surface area (Å²) in [7, 11) is -3.50. The summed E-state index contributed by atoms with van der Waals surface area (Å²) in [5, 5.41) is 6.09. The summed E-state index contributed by atoms with van der Waals surface area (Å²) in [6.07, 6.45) is 2.98. The number of benzene rings is 2. The number of hydrogen-bond acceptors (Lipinski definition) is 4. The Morgan fingerprint density at radius 2 is 1.88 bits per heavy atom. The van der Waals surface area contributed by atoms with Crippen LogP contribution in [0.4, 0.5) is 0 Å². The van der Waals surface area contributed by atoms with E-state index >= 15 is 0 Å². The molecule has 0 spiro atoms. The zero-order valence-corrected chi connectivity index (χ0v) is 15.3. The predicted molar refractivity (Wildman–Crippen MR) is 102 cm³/mol. The van der Waals surface area contributed by atoms with Gasteiger partial charge in [-0.25, -0.2) is 8.42 Å². The first kappa shape index (κ1) is 18.4. The molecule has 26 heavy (non-hydrogen) atoms. The molecule has 0 aromatic heterocycles. The lowest BCUT2D eigenvalue weighted by atomic mass is 10.1. The molecule has 2 aromatic carbocycles. The van der Waals surface area contributed by atoms with E-state index in [0.29, 0.717) is 12.1 Å². The fraction of sp³-hybridized carbons (Fsp3) is 0.250. The molecule has 2 N–H and O–H groups in total. The van der Waals surface area contributed by atoms with Crippen molar-refractivity contribution < 1.29 is 13.2 Å². The zero-order chi connectivity index (χ0) is 18.4. The Labute approximate surface area is 154 Å². The van der Waals surface area contributed by atoms with Crippen LogP contribution in [0, 0.1) is 0 Å². The van der Waals surface area contributed by atoms with Gasteiger partial charge in [0.25, 0.3) is 5.91 Å². The van der Waals surface area contributed by atoms with E-state index in [1.165, 1.54) is 17.7 Å². The van der Waals surface area contributed by atoms with E-state index in [1.54, 1.807) is 24.3 Å². The third-order valence-electron chi connectivity index (χ3n) is 4.29. The Bertz CT molecular complexity index is 906. The largest absolute Gasteiger partial charge is 0.348 e. The first-order chi connectivity index (χ1) is 12.5. The monoisotopic (exact) mass is 370 g/mol. The van der Waals surface area contributed by atoms with Gasteiger partial charge in [-0.2, -0.15) is 0 Å². The molecule has 1 aliphatic heterocycles. The molecule has 0 aliphatic carbocycles. The standard InChI is InChI=1S/C20H22N2O3S/c23-20(22-14-16-9-11-21-12-10-16)18-7-4-8-19(13-18)26(24,25)15-17-5-2-1-3-6-17/h1-9,13,21H,10-12,14-15H2,(H,22,23). The topological polar surface area (TPSA) is 75.3 Å². The van der Waals surface area contributed by atoms with E-state index in [4.69, 9.17) is 0 Å². The maximum atomic E-state index is 12.6. The quantitative estimate of drug-likeness (QED) is 0.765. The van der Waals surface area contributed by atoms with Crippen LogP contribution in [0.3, 0.4) is 0 Å². The van der Waals surface area contributed by atoms with Crippen molar-refractivity contribution in [1.82, 2.24) is 10.6 Å². The molecule has 3 rings (SSSR count). The highest BCUT2D eigenvalue weighted by Crippen LogP contribution is 2.18. The molecular weight excluding hydrogens is 348 g/mol. The minimum absolute atomic E-state index is 0.0845. The molecule has 0 saturated carbocycles. The maximum absolute atomic E-state index is 12.6. The molecule has 5 nitrogen and oxygen atoms in total. The number of rotatable bonds is 6. The molecule has 136 valence electrons. The molecule has 0 saturated heterocycles. The second-order valence-corrected chi connectivity index (χ2v) is 8.26. The minimum Gasteiger partial charge on any atom is -0.348 e. The van der Waals surface area contributed by atoms with Gasteiger partial charge in [0.05, 0.1) is 10.6 Å². The van der Waals surface area contributed by atoms with Crippen molar-refractivity contribution in [3.63, 3.8) is 0 Å². The fourth-order valence-corrected chi connectivity index (χ4v) is 4.22. The summed E-state index contributed by atoms with van der Waals surface area (Å²) in [5.74, 6) is -0.347. The summed E-state index contributed by atoms with van der Waals surface area (Å²) in [6.45, 7) is 2.22. The van der Waals surface area contributed by atoms with E-state index in [9.17, 15) is 13.2 Å². The normalized spacial score (nSPS) is 14.5. The number of sulfone groups is 1. The summed E-state index contributed by atoms with van der Waals surface area (Å²) < 4.78 is 25.3. The van der Waals surface area contributed by atoms with Crippen molar-refractivity contribution >= 4 is 15.7 Å². The van der Waals surface area contributed by atoms with Gasteiger partial charge in [0.1, 0.15) is 0 Å². The molecule has 6 heteroatoms. The molecule has 1 heterocycles. The highest BCUT2D eigenvalue weighted by Gasteiger charge is 2.17. The third-order valence-corrected chi connectivity index (χ3v) is 5.97. The number of carbonyl (C=O) groups excluding carboxylic acids is 1. The van der Waals surface area contributed by atoms with E-state index in [2.05, 4.69) is 16.7 Å². The summed E-state index contributed by atoms with van der Waals surface area (Å²) in [5.41, 5.74) is 2.26. The molecule has 0 unspecified atom stereocenters. The first-order valence-corrected chi connectivity index (χ1v) is 10.2. The number of hydrogen-bond donors (Lipinski definition) is 2. The van der Waals surface area contributed by atoms with Crippen molar-refractivity contribution in [1.29, 1.82) is 0 Å². The molecule has 0 fully saturated rings. The lowest BCUT2D eigenvalue weighted by molar-refractivity contribution is 0.0956. The van der Waals surface area contributed by atoms with Crippen LogP contribution in [-0.2, 0) is 15.6 Å². The van der Waals surface area contributed by atoms with Crippen molar-refractivity contribution in [3.8, 4) is 0 Å². The van der Waals surface area contributed by atoms with Crippen LogP contribution >= 0.6 is 0 Å². The zero-order valence-electron chi connectivity index (χ0n) is 14.4. The van der Waals surface area contributed by atoms with E-state index in [1.807, 2.05) is 18.2 Å². The van der Waals surface area contributed by atoms with Gasteiger partial charge in [0, 0.05) is 18.7 Å². The van der Waals surface area contributed by atoms with E-state index in [-0.39, 0.29) is 16.6 Å². The summed E-state index contributed by atoms with van der Waals surface area (Å²) >= 11 is 0. The highest BCUT2D eigenvalue weighted by molar-refractivity contribution is 7.90. The van der Waals surface area contributed by atoms with Crippen LogP contribution in [0.5, 0.6) is 0 Å². The van der Waals surface area contributed by atoms with Crippen molar-refractivity contribution in [3.05, 3.63) is 77.4 Å². The third kappa shape index (κ3) is 4.80. The van der Waals surface area contributed by atoms with Crippen LogP contribution in [0.2, 0.25) is 0 Å². The number of amides is 1. The Kier molecular flexibility index (Phi) is 5.85. The number of nitrogens with one attached hydrogen (secondary N) is 2. The lowest BCUT2D eigenvalue weighted by Crippen LogP contribution is -2.29. The SMILES string of the molecule is O=C(NCC1=CCNCC1)c1cccc(S(=O)(=O)Cc2ccccc2)c1. The van der Waals surface area contributed by atoms with Crippen LogP contribution in [0.1, 0.15) is 22.3 Å². The van der Waals surface area contributed by atoms with Gasteiger partial charge >= 0.3 is 0 Å². The Hall–Kier alpha value is -2.44. The van der Waals surface area contributed by atoms with Gasteiger partial charge in [0.15, 0.2) is 9.84 Å². The Morgan fingerprint density at radius 1 is 1.08 bits per heavy atom. The van der Waals surface area contributed by atoms with Gasteiger partial charge in [-0.3, -0.25) is 4.79 Å². The van der Waals surface area contributed by atoms with Crippen LogP contribution < -0.4 is 10.6 Å². The van der Waals surface area contributed by atoms with Gasteiger partial charge in [-0.15, -0.1) is 0 Å². The molecule has 0 bridgehead atoms. The Morgan fingerprint density at radius 3 is 2.62 bits per heavy atom. The fourth-order valence-electron chi connectivity index (χ4n) is 2.83. The van der Waals surface area contributed by atoms with Crippen LogP contribution in [0.15, 0.2) is 71.1 Å². The van der Waals surface area contributed by atoms with Crippen LogP contribution in [-0.4, -0.2) is 34.0 Å². The molecular formula is C20H22N2O3S. The van der Waals surface area contributed by atoms with E-state index in [0.717, 1.165) is 25.1 Å². The predicted octanol–water partition coefficient (Wildman–Crippen LogP) is 2.31. The average molecular weight is 370 g/mol. The molecule has 0 radical (unpaired) electrons.